The minimum Gasteiger partial charge on any atom is -0.497 e. The average molecular weight is 464 g/mol. The van der Waals surface area contributed by atoms with Gasteiger partial charge in [-0.15, -0.1) is 0 Å². The molecule has 1 atom stereocenters. The summed E-state index contributed by atoms with van der Waals surface area (Å²) in [7, 11) is 3.81. The number of ether oxygens (including phenoxy) is 3. The lowest BCUT2D eigenvalue weighted by Crippen LogP contribution is -2.30. The molecule has 14 heteroatoms. The number of nitrogens with zero attached hydrogens (tertiary/aromatic N) is 4. The molecule has 4 rings (SSSR count). The number of benzene rings is 2. The Hall–Kier alpha value is -4.20. The van der Waals surface area contributed by atoms with Crippen LogP contribution in [0.1, 0.15) is 24.1 Å². The molecule has 0 spiro atoms. The number of fused-ring (bicyclic) bond motifs is 3. The van der Waals surface area contributed by atoms with Gasteiger partial charge < -0.3 is 19.3 Å². The maximum atomic E-state index is 10.4. The lowest BCUT2D eigenvalue weighted by atomic mass is 9.92. The van der Waals surface area contributed by atoms with E-state index in [4.69, 9.17) is 19.3 Å². The number of phenols is 1. The van der Waals surface area contributed by atoms with Crippen molar-refractivity contribution in [3.05, 3.63) is 59.7 Å². The molecule has 0 aliphatic carbocycles. The first kappa shape index (κ1) is 23.5. The summed E-state index contributed by atoms with van der Waals surface area (Å²) in [5.41, 5.74) is -0.429. The maximum absolute atomic E-state index is 10.4. The Kier molecular flexibility index (Phi) is 6.48. The zero-order valence-electron chi connectivity index (χ0n) is 17.8. The lowest BCUT2D eigenvalue weighted by molar-refractivity contribution is -0.404. The van der Waals surface area contributed by atoms with Crippen LogP contribution in [-0.4, -0.2) is 52.3 Å². The van der Waals surface area contributed by atoms with Crippen molar-refractivity contribution in [2.75, 3.05) is 27.5 Å². The smallest absolute Gasteiger partial charge is 0.324 e. The van der Waals surface area contributed by atoms with Gasteiger partial charge in [-0.05, 0) is 32.0 Å². The van der Waals surface area contributed by atoms with E-state index in [2.05, 4.69) is 24.9 Å². The summed E-state index contributed by atoms with van der Waals surface area (Å²) in [5, 5.41) is 40.2. The van der Waals surface area contributed by atoms with Crippen molar-refractivity contribution < 1.29 is 34.1 Å². The summed E-state index contributed by atoms with van der Waals surface area (Å²) in [4.78, 5) is 30.1. The van der Waals surface area contributed by atoms with Gasteiger partial charge in [0, 0.05) is 18.2 Å². The summed E-state index contributed by atoms with van der Waals surface area (Å²) in [6.07, 6.45) is 1.03. The van der Waals surface area contributed by atoms with Gasteiger partial charge in [-0.2, -0.15) is 0 Å². The predicted octanol–water partition coefficient (Wildman–Crippen LogP) is 3.09. The Morgan fingerprint density at radius 2 is 1.61 bits per heavy atom. The van der Waals surface area contributed by atoms with Gasteiger partial charge in [-0.25, -0.2) is 0 Å². The van der Waals surface area contributed by atoms with Gasteiger partial charge >= 0.3 is 11.4 Å². The molecule has 2 aromatic rings. The van der Waals surface area contributed by atoms with Gasteiger partial charge in [0.05, 0.1) is 34.0 Å². The average Bonchev–Trinajstić information content (AvgIpc) is 3.25. The number of hydrogen-bond donors (Lipinski definition) is 1. The molecule has 0 radical (unpaired) electrons. The van der Waals surface area contributed by atoms with Gasteiger partial charge in [-0.3, -0.25) is 35.2 Å². The van der Waals surface area contributed by atoms with Gasteiger partial charge in [0.2, 0.25) is 12.5 Å². The van der Waals surface area contributed by atoms with Crippen LogP contribution in [0.3, 0.4) is 0 Å². The van der Waals surface area contributed by atoms with E-state index < -0.39 is 37.6 Å². The molecule has 2 aliphatic heterocycles. The number of methoxy groups -OCH3 is 1. The molecular formula is C19H20N4O10. The van der Waals surface area contributed by atoms with Crippen molar-refractivity contribution in [2.24, 2.45) is 0 Å². The zero-order chi connectivity index (χ0) is 24.4. The van der Waals surface area contributed by atoms with Crippen LogP contribution in [0, 0.1) is 30.3 Å². The Labute approximate surface area is 186 Å². The number of non-ortho nitro benzene ring substituents is 1. The number of hydrogen-bond acceptors (Lipinski definition) is 11. The summed E-state index contributed by atoms with van der Waals surface area (Å²) in [6, 6.07) is 3.34. The highest BCUT2D eigenvalue weighted by atomic mass is 16.7. The number of likely N-dealkylation sites (N-methyl/N-ethyl adjacent to an activating group) is 1. The SMILES string of the molecule is COc1cc2c(c3c1OCO3)[C@H](C)N(C)CC2.O=[N+]([O-])c1cc([N+](=O)[O-])c(O)c([N+](=O)[O-])c1. The second-order valence-electron chi connectivity index (χ2n) is 7.23. The first-order valence-corrected chi connectivity index (χ1v) is 9.56. The number of rotatable bonds is 4. The fraction of sp³-hybridized carbons (Fsp3) is 0.368. The number of nitro groups is 3. The van der Waals surface area contributed by atoms with Gasteiger partial charge in [0.25, 0.3) is 11.4 Å². The Morgan fingerprint density at radius 1 is 1.03 bits per heavy atom. The van der Waals surface area contributed by atoms with E-state index in [0.717, 1.165) is 30.2 Å². The van der Waals surface area contributed by atoms with Crippen LogP contribution < -0.4 is 14.2 Å². The minimum atomic E-state index is -1.21. The van der Waals surface area contributed by atoms with Gasteiger partial charge in [-0.1, -0.05) is 0 Å². The first-order valence-electron chi connectivity index (χ1n) is 9.56. The zero-order valence-corrected chi connectivity index (χ0v) is 17.8. The van der Waals surface area contributed by atoms with E-state index in [1.807, 2.05) is 0 Å². The fourth-order valence-electron chi connectivity index (χ4n) is 3.61. The Morgan fingerprint density at radius 3 is 2.12 bits per heavy atom. The molecule has 0 amide bonds. The molecule has 1 N–H and O–H groups in total. The van der Waals surface area contributed by atoms with Crippen LogP contribution in [0.15, 0.2) is 18.2 Å². The Balaban J connectivity index is 0.000000186. The normalized spacial score (nSPS) is 16.3. The molecule has 0 unspecified atom stereocenters. The van der Waals surface area contributed by atoms with Crippen LogP contribution in [-0.2, 0) is 6.42 Å². The second kappa shape index (κ2) is 9.12. The van der Waals surface area contributed by atoms with Crippen molar-refractivity contribution in [1.82, 2.24) is 4.90 Å². The summed E-state index contributed by atoms with van der Waals surface area (Å²) in [5.74, 6) is 1.21. The third kappa shape index (κ3) is 4.41. The second-order valence-corrected chi connectivity index (χ2v) is 7.23. The fourth-order valence-corrected chi connectivity index (χ4v) is 3.61. The van der Waals surface area contributed by atoms with E-state index in [0.29, 0.717) is 25.0 Å². The predicted molar refractivity (Wildman–Crippen MR) is 112 cm³/mol. The van der Waals surface area contributed by atoms with Crippen molar-refractivity contribution in [2.45, 2.75) is 19.4 Å². The minimum absolute atomic E-state index is 0.290. The van der Waals surface area contributed by atoms with Crippen LogP contribution in [0.4, 0.5) is 17.1 Å². The number of nitro benzene ring substituents is 3. The summed E-state index contributed by atoms with van der Waals surface area (Å²) < 4.78 is 16.5. The monoisotopic (exact) mass is 464 g/mol. The van der Waals surface area contributed by atoms with Crippen molar-refractivity contribution in [3.8, 4) is 23.0 Å². The van der Waals surface area contributed by atoms with E-state index in [-0.39, 0.29) is 0 Å². The van der Waals surface area contributed by atoms with Crippen molar-refractivity contribution in [3.63, 3.8) is 0 Å². The van der Waals surface area contributed by atoms with Crippen LogP contribution in [0.2, 0.25) is 0 Å². The maximum Gasteiger partial charge on any atom is 0.324 e. The molecule has 14 nitrogen and oxygen atoms in total. The molecule has 0 aromatic heterocycles. The standard InChI is InChI=1S/C13H17NO3.C6H3N3O7/c1-8-11-9(4-5-14(8)2)6-10(15-3)12-13(11)17-7-16-12;10-6-4(8(13)14)1-3(7(11)12)2-5(6)9(15)16/h6,8H,4-5,7H2,1-3H3;1-2,10H/t8-;/m0./s1. The highest BCUT2D eigenvalue weighted by Gasteiger charge is 2.32. The van der Waals surface area contributed by atoms with Crippen LogP contribution in [0.25, 0.3) is 0 Å². The molecule has 0 fully saturated rings. The molecule has 2 aliphatic rings. The van der Waals surface area contributed by atoms with Crippen LogP contribution in [0.5, 0.6) is 23.0 Å². The molecule has 0 saturated heterocycles. The molecule has 2 heterocycles. The third-order valence-electron chi connectivity index (χ3n) is 5.42. The largest absolute Gasteiger partial charge is 0.497 e. The molecule has 0 saturated carbocycles. The topological polar surface area (TPSA) is 181 Å². The lowest BCUT2D eigenvalue weighted by Gasteiger charge is -2.32. The first-order chi connectivity index (χ1) is 15.6. The van der Waals surface area contributed by atoms with Crippen molar-refractivity contribution >= 4 is 17.1 Å². The van der Waals surface area contributed by atoms with E-state index in [1.165, 1.54) is 11.1 Å². The molecule has 176 valence electrons. The molecule has 2 aromatic carbocycles. The number of aromatic hydroxyl groups is 1. The number of phenolic OH excluding ortho intramolecular Hbond substituents is 1. The highest BCUT2D eigenvalue weighted by molar-refractivity contribution is 5.64. The highest BCUT2D eigenvalue weighted by Crippen LogP contribution is 2.49. The van der Waals surface area contributed by atoms with Crippen LogP contribution >= 0.6 is 0 Å². The van der Waals surface area contributed by atoms with E-state index in [9.17, 15) is 30.3 Å². The summed E-state index contributed by atoms with van der Waals surface area (Å²) in [6.45, 7) is 3.56. The molecule has 33 heavy (non-hydrogen) atoms. The van der Waals surface area contributed by atoms with Gasteiger partial charge in [0.15, 0.2) is 11.5 Å². The van der Waals surface area contributed by atoms with E-state index >= 15 is 0 Å². The quantitative estimate of drug-likeness (QED) is 0.518. The van der Waals surface area contributed by atoms with Crippen molar-refractivity contribution in [1.29, 1.82) is 0 Å². The van der Waals surface area contributed by atoms with Gasteiger partial charge in [0.1, 0.15) is 0 Å². The molecule has 0 bridgehead atoms. The molecular weight excluding hydrogens is 444 g/mol. The third-order valence-corrected chi connectivity index (χ3v) is 5.42. The Bertz CT molecular complexity index is 1100. The van der Waals surface area contributed by atoms with E-state index in [1.54, 1.807) is 7.11 Å². The summed E-state index contributed by atoms with van der Waals surface area (Å²) >= 11 is 0.